The molecule has 2 aliphatic rings. The first-order valence-electron chi connectivity index (χ1n) is 20.9. The fraction of sp³-hybridized carbons (Fsp3) is 0.447. The van der Waals surface area contributed by atoms with E-state index in [1.165, 1.54) is 29.2 Å². The van der Waals surface area contributed by atoms with Crippen LogP contribution in [-0.4, -0.2) is 75.5 Å². The van der Waals surface area contributed by atoms with Crippen molar-refractivity contribution < 1.29 is 48.2 Å². The van der Waals surface area contributed by atoms with Crippen molar-refractivity contribution in [2.24, 2.45) is 23.5 Å². The predicted molar refractivity (Wildman–Crippen MR) is 221 cm³/mol. The lowest BCUT2D eigenvalue weighted by Crippen LogP contribution is -2.47. The molecule has 13 heteroatoms. The molecule has 0 bridgehead atoms. The third-order valence-electron chi connectivity index (χ3n) is 11.7. The first-order chi connectivity index (χ1) is 28.9. The van der Waals surface area contributed by atoms with Crippen LogP contribution in [0.25, 0.3) is 0 Å². The Kier molecular flexibility index (Phi) is 16.6. The van der Waals surface area contributed by atoms with E-state index in [0.29, 0.717) is 12.0 Å². The van der Waals surface area contributed by atoms with E-state index in [2.05, 4.69) is 5.32 Å². The lowest BCUT2D eigenvalue weighted by atomic mass is 9.76. The van der Waals surface area contributed by atoms with Crippen molar-refractivity contribution in [1.82, 2.24) is 10.2 Å². The summed E-state index contributed by atoms with van der Waals surface area (Å²) in [5.41, 5.74) is 7.04. The zero-order valence-corrected chi connectivity index (χ0v) is 34.1. The molecule has 0 spiro atoms. The smallest absolute Gasteiger partial charge is 0.335 e. The van der Waals surface area contributed by atoms with Gasteiger partial charge in [0, 0.05) is 56.0 Å². The van der Waals surface area contributed by atoms with Gasteiger partial charge in [-0.2, -0.15) is 0 Å². The van der Waals surface area contributed by atoms with Gasteiger partial charge in [0.15, 0.2) is 17.3 Å². The number of amides is 3. The average molecular weight is 822 g/mol. The van der Waals surface area contributed by atoms with Gasteiger partial charge in [-0.25, -0.2) is 4.79 Å². The summed E-state index contributed by atoms with van der Waals surface area (Å²) in [5.74, 6) is -7.23. The number of primary amides is 1. The number of likely N-dealkylation sites (tertiary alicyclic amines) is 1. The monoisotopic (exact) mass is 821 g/mol. The molecule has 0 radical (unpaired) electrons. The summed E-state index contributed by atoms with van der Waals surface area (Å²) in [5, 5.41) is 12.1. The fourth-order valence-electron chi connectivity index (χ4n) is 8.43. The number of ketones is 4. The molecule has 1 aliphatic carbocycles. The molecular weight excluding hydrogens is 767 g/mol. The molecule has 1 saturated carbocycles. The molecule has 2 fully saturated rings. The van der Waals surface area contributed by atoms with Crippen molar-refractivity contribution in [3.05, 3.63) is 107 Å². The lowest BCUT2D eigenvalue weighted by molar-refractivity contribution is -0.144. The highest BCUT2D eigenvalue weighted by molar-refractivity contribution is 6.38. The van der Waals surface area contributed by atoms with Gasteiger partial charge >= 0.3 is 5.97 Å². The van der Waals surface area contributed by atoms with E-state index >= 15 is 0 Å². The van der Waals surface area contributed by atoms with Gasteiger partial charge < -0.3 is 25.8 Å². The molecule has 5 rings (SSSR count). The topological polar surface area (TPSA) is 207 Å². The number of hydrogen-bond donors (Lipinski definition) is 3. The van der Waals surface area contributed by atoms with Crippen LogP contribution >= 0.6 is 0 Å². The Morgan fingerprint density at radius 1 is 0.833 bits per heavy atom. The predicted octanol–water partition coefficient (Wildman–Crippen LogP) is 5.98. The maximum atomic E-state index is 14.8. The highest BCUT2D eigenvalue weighted by atomic mass is 16.5. The van der Waals surface area contributed by atoms with Crippen molar-refractivity contribution >= 4 is 46.8 Å². The van der Waals surface area contributed by atoms with Gasteiger partial charge in [-0.1, -0.05) is 105 Å². The van der Waals surface area contributed by atoms with Crippen LogP contribution in [0.15, 0.2) is 84.9 Å². The first-order valence-corrected chi connectivity index (χ1v) is 20.9. The molecule has 3 amide bonds. The number of ether oxygens (including phenoxy) is 1. The van der Waals surface area contributed by atoms with Crippen LogP contribution in [0, 0.1) is 17.8 Å². The minimum Gasteiger partial charge on any atom is -0.478 e. The summed E-state index contributed by atoms with van der Waals surface area (Å²) < 4.78 is 6.27. The molecule has 1 heterocycles. The zero-order valence-electron chi connectivity index (χ0n) is 34.1. The van der Waals surface area contributed by atoms with Crippen LogP contribution < -0.4 is 11.1 Å². The van der Waals surface area contributed by atoms with Crippen LogP contribution in [0.5, 0.6) is 0 Å². The molecular formula is C47H55N3O10. The fourth-order valence-corrected chi connectivity index (χ4v) is 8.43. The van der Waals surface area contributed by atoms with E-state index in [1.807, 2.05) is 37.3 Å². The van der Waals surface area contributed by atoms with Crippen LogP contribution in [0.4, 0.5) is 0 Å². The van der Waals surface area contributed by atoms with Crippen LogP contribution in [0.1, 0.15) is 122 Å². The maximum absolute atomic E-state index is 14.8. The molecule has 13 nitrogen and oxygen atoms in total. The second-order valence-corrected chi connectivity index (χ2v) is 15.9. The van der Waals surface area contributed by atoms with E-state index in [0.717, 1.165) is 37.7 Å². The first kappa shape index (κ1) is 45.3. The van der Waals surface area contributed by atoms with Gasteiger partial charge in [0.2, 0.25) is 23.5 Å². The second kappa shape index (κ2) is 22.0. The lowest BCUT2D eigenvalue weighted by Gasteiger charge is -2.34. The Labute approximate surface area is 350 Å². The van der Waals surface area contributed by atoms with E-state index in [9.17, 15) is 43.5 Å². The van der Waals surface area contributed by atoms with E-state index in [1.54, 1.807) is 30.3 Å². The van der Waals surface area contributed by atoms with Gasteiger partial charge in [0.05, 0.1) is 24.3 Å². The number of Topliss-reactive ketones (excluding diaryl/α,β-unsaturated/α-hetero) is 4. The zero-order chi connectivity index (χ0) is 43.2. The highest BCUT2D eigenvalue weighted by Crippen LogP contribution is 2.36. The Morgan fingerprint density at radius 2 is 1.50 bits per heavy atom. The number of nitrogens with two attached hydrogens (primary N) is 1. The van der Waals surface area contributed by atoms with E-state index < -0.39 is 71.6 Å². The molecule has 4 N–H and O–H groups in total. The molecule has 0 aromatic heterocycles. The number of carboxylic acids is 1. The van der Waals surface area contributed by atoms with E-state index in [-0.39, 0.29) is 74.0 Å². The third kappa shape index (κ3) is 12.4. The van der Waals surface area contributed by atoms with Crippen molar-refractivity contribution in [3.63, 3.8) is 0 Å². The van der Waals surface area contributed by atoms with Crippen LogP contribution in [0.2, 0.25) is 0 Å². The molecule has 5 atom stereocenters. The number of benzene rings is 3. The quantitative estimate of drug-likeness (QED) is 0.0799. The maximum Gasteiger partial charge on any atom is 0.335 e. The van der Waals surface area contributed by atoms with E-state index in [4.69, 9.17) is 10.5 Å². The Balaban J connectivity index is 1.32. The number of carboxylic acid groups (broad SMARTS) is 1. The minimum absolute atomic E-state index is 0.0392. The molecule has 318 valence electrons. The molecule has 3 aromatic rings. The molecule has 1 saturated heterocycles. The number of carbonyl (C=O) groups is 8. The summed E-state index contributed by atoms with van der Waals surface area (Å²) >= 11 is 0. The molecule has 2 unspecified atom stereocenters. The van der Waals surface area contributed by atoms with Crippen LogP contribution in [-0.2, 0) is 40.1 Å². The second-order valence-electron chi connectivity index (χ2n) is 15.9. The molecule has 3 aromatic carbocycles. The van der Waals surface area contributed by atoms with Crippen molar-refractivity contribution in [2.75, 3.05) is 6.54 Å². The summed E-state index contributed by atoms with van der Waals surface area (Å²) in [4.78, 5) is 108. The summed E-state index contributed by atoms with van der Waals surface area (Å²) in [6, 6.07) is 21.5. The average Bonchev–Trinajstić information content (AvgIpc) is 3.70. The normalized spacial score (nSPS) is 18.2. The third-order valence-corrected chi connectivity index (χ3v) is 11.7. The summed E-state index contributed by atoms with van der Waals surface area (Å²) in [6.45, 7) is 2.15. The van der Waals surface area contributed by atoms with Gasteiger partial charge in [-0.15, -0.1) is 0 Å². The number of hydrogen-bond acceptors (Lipinski definition) is 9. The standard InChI is InChI=1S/C47H55N3O10/c1-2-13-34(44(55)39(51)22-23-42(54)49-43(45(48)56)32-18-10-5-11-19-32)25-41(53)38-26-36(60-29-30-14-6-3-7-15-30)28-50(38)46(57)37(31-16-8-4-9-17-31)27-40(52)33-20-12-21-35(24-33)47(58)59/h3,5-7,10-12,14-15,18-21,24,31,34,36-38,43H,2,4,8-9,13,16-17,22-23,25-29H2,1H3,(H2,48,56)(H,49,54)(H,58,59)/t34?,36-,37?,38+,43-/m1/s1. The van der Waals surface area contributed by atoms with Gasteiger partial charge in [-0.3, -0.25) is 33.6 Å². The van der Waals surface area contributed by atoms with Gasteiger partial charge in [0.1, 0.15) is 6.04 Å². The molecule has 1 aliphatic heterocycles. The van der Waals surface area contributed by atoms with Gasteiger partial charge in [-0.05, 0) is 48.4 Å². The summed E-state index contributed by atoms with van der Waals surface area (Å²) in [6.07, 6.45) is 3.29. The largest absolute Gasteiger partial charge is 0.478 e. The Bertz CT molecular complexity index is 2010. The minimum atomic E-state index is -1.17. The Hall–Kier alpha value is -5.82. The number of rotatable bonds is 22. The van der Waals surface area contributed by atoms with Crippen molar-refractivity contribution in [3.8, 4) is 0 Å². The molecule has 60 heavy (non-hydrogen) atoms. The SMILES string of the molecule is CCCC(CC(=O)[C@@H]1C[C@@H](OCc2ccccc2)CN1C(=O)C(CC(=O)c1cccc(C(=O)O)c1)C1CCCCC1)C(=O)C(=O)CCC(=O)N[C@@H](C(N)=O)c1ccccc1. The van der Waals surface area contributed by atoms with Gasteiger partial charge in [0.25, 0.3) is 0 Å². The van der Waals surface area contributed by atoms with Crippen LogP contribution in [0.3, 0.4) is 0 Å². The number of aromatic carboxylic acids is 1. The van der Waals surface area contributed by atoms with Crippen molar-refractivity contribution in [2.45, 2.75) is 109 Å². The number of carbonyl (C=O) groups excluding carboxylic acids is 7. The van der Waals surface area contributed by atoms with Crippen molar-refractivity contribution in [1.29, 1.82) is 0 Å². The highest BCUT2D eigenvalue weighted by Gasteiger charge is 2.45. The number of nitrogens with zero attached hydrogens (tertiary/aromatic N) is 1. The number of nitrogens with one attached hydrogen (secondary N) is 1. The Morgan fingerprint density at radius 3 is 2.15 bits per heavy atom. The summed E-state index contributed by atoms with van der Waals surface area (Å²) in [7, 11) is 0.